The zero-order valence-electron chi connectivity index (χ0n) is 20.1. The number of para-hydroxylation sites is 1. The number of benzene rings is 3. The topological polar surface area (TPSA) is 60.9 Å². The first-order chi connectivity index (χ1) is 15.7. The number of rotatable bonds is 11. The Hall–Kier alpha value is -2.41. The third-order valence-electron chi connectivity index (χ3n) is 5.45. The van der Waals surface area contributed by atoms with Crippen molar-refractivity contribution < 1.29 is 13.5 Å². The molecule has 33 heavy (non-hydrogen) atoms. The van der Waals surface area contributed by atoms with Crippen molar-refractivity contribution in [3.05, 3.63) is 72.8 Å². The lowest BCUT2D eigenvalue weighted by Crippen LogP contribution is -2.44. The normalized spacial score (nSPS) is 13.2. The van der Waals surface area contributed by atoms with Crippen molar-refractivity contribution in [2.75, 3.05) is 30.5 Å². The molecule has 6 heteroatoms. The van der Waals surface area contributed by atoms with Crippen LogP contribution in [0.5, 0.6) is 0 Å². The van der Waals surface area contributed by atoms with Crippen molar-refractivity contribution >= 4 is 26.5 Å². The molecule has 0 radical (unpaired) electrons. The molecule has 0 saturated heterocycles. The van der Waals surface area contributed by atoms with E-state index in [1.54, 1.807) is 24.3 Å². The summed E-state index contributed by atoms with van der Waals surface area (Å²) in [6.45, 7) is 10.7. The van der Waals surface area contributed by atoms with Gasteiger partial charge in [-0.05, 0) is 46.9 Å². The molecule has 1 N–H and O–H groups in total. The average Bonchev–Trinajstić information content (AvgIpc) is 2.76. The number of hydrogen-bond acceptors (Lipinski definition) is 4. The fourth-order valence-corrected chi connectivity index (χ4v) is 5.73. The standard InChI is InChI=1S/C27H36N2O3S/c1-21(2)17-28(18-22(3)4)19-26(30)20-29(25-12-6-5-7-13-25)33(31,32)27-15-14-23-10-8-9-11-24(23)16-27/h5-16,21-22,26,30H,17-20H2,1-4H3/t26-/m1/s1. The largest absolute Gasteiger partial charge is 0.390 e. The molecule has 3 rings (SSSR count). The molecule has 0 saturated carbocycles. The Bertz CT molecular complexity index is 1120. The maximum atomic E-state index is 13.8. The van der Waals surface area contributed by atoms with Gasteiger partial charge in [0.1, 0.15) is 0 Å². The molecule has 0 fully saturated rings. The molecule has 0 aromatic heterocycles. The van der Waals surface area contributed by atoms with Gasteiger partial charge >= 0.3 is 0 Å². The first kappa shape index (κ1) is 25.2. The fourth-order valence-electron chi connectivity index (χ4n) is 4.20. The number of fused-ring (bicyclic) bond motifs is 1. The van der Waals surface area contributed by atoms with E-state index in [-0.39, 0.29) is 11.4 Å². The molecule has 178 valence electrons. The first-order valence-corrected chi connectivity index (χ1v) is 13.1. The van der Waals surface area contributed by atoms with Crippen LogP contribution in [0.4, 0.5) is 5.69 Å². The van der Waals surface area contributed by atoms with Gasteiger partial charge in [-0.15, -0.1) is 0 Å². The van der Waals surface area contributed by atoms with Gasteiger partial charge in [0, 0.05) is 19.6 Å². The quantitative estimate of drug-likeness (QED) is 0.430. The molecule has 1 atom stereocenters. The maximum absolute atomic E-state index is 13.8. The highest BCUT2D eigenvalue weighted by molar-refractivity contribution is 7.92. The predicted molar refractivity (Wildman–Crippen MR) is 137 cm³/mol. The van der Waals surface area contributed by atoms with Gasteiger partial charge in [-0.3, -0.25) is 4.31 Å². The number of aliphatic hydroxyl groups excluding tert-OH is 1. The van der Waals surface area contributed by atoms with Crippen molar-refractivity contribution in [1.82, 2.24) is 4.90 Å². The molecule has 3 aromatic carbocycles. The summed E-state index contributed by atoms with van der Waals surface area (Å²) in [5.41, 5.74) is 0.545. The Morgan fingerprint density at radius 2 is 1.30 bits per heavy atom. The van der Waals surface area contributed by atoms with Crippen LogP contribution in [0.1, 0.15) is 27.7 Å². The molecular formula is C27H36N2O3S. The minimum atomic E-state index is -3.87. The lowest BCUT2D eigenvalue weighted by Gasteiger charge is -2.31. The van der Waals surface area contributed by atoms with Crippen LogP contribution in [0.15, 0.2) is 77.7 Å². The van der Waals surface area contributed by atoms with Crippen molar-refractivity contribution in [1.29, 1.82) is 0 Å². The van der Waals surface area contributed by atoms with Crippen molar-refractivity contribution in [3.63, 3.8) is 0 Å². The van der Waals surface area contributed by atoms with E-state index in [1.807, 2.05) is 48.5 Å². The predicted octanol–water partition coefficient (Wildman–Crippen LogP) is 5.01. The number of nitrogens with zero attached hydrogens (tertiary/aromatic N) is 2. The lowest BCUT2D eigenvalue weighted by molar-refractivity contribution is 0.104. The molecule has 0 amide bonds. The van der Waals surface area contributed by atoms with Crippen molar-refractivity contribution in [3.8, 4) is 0 Å². The van der Waals surface area contributed by atoms with E-state index in [0.29, 0.717) is 24.1 Å². The van der Waals surface area contributed by atoms with Crippen LogP contribution in [0.3, 0.4) is 0 Å². The second-order valence-corrected chi connectivity index (χ2v) is 11.4. The molecular weight excluding hydrogens is 432 g/mol. The summed E-state index contributed by atoms with van der Waals surface area (Å²) >= 11 is 0. The van der Waals surface area contributed by atoms with E-state index in [0.717, 1.165) is 23.9 Å². The summed E-state index contributed by atoms with van der Waals surface area (Å²) in [5, 5.41) is 12.9. The van der Waals surface area contributed by atoms with Gasteiger partial charge in [-0.2, -0.15) is 0 Å². The van der Waals surface area contributed by atoms with Crippen LogP contribution < -0.4 is 4.31 Å². The SMILES string of the molecule is CC(C)CN(CC(C)C)C[C@@H](O)CN(c1ccccc1)S(=O)(=O)c1ccc2ccccc2c1. The van der Waals surface area contributed by atoms with E-state index >= 15 is 0 Å². The van der Waals surface area contributed by atoms with Gasteiger partial charge in [0.25, 0.3) is 10.0 Å². The molecule has 0 spiro atoms. The second kappa shape index (κ2) is 11.1. The summed E-state index contributed by atoms with van der Waals surface area (Å²) in [7, 11) is -3.87. The molecule has 5 nitrogen and oxygen atoms in total. The molecule has 0 aliphatic carbocycles. The first-order valence-electron chi connectivity index (χ1n) is 11.6. The Morgan fingerprint density at radius 3 is 1.91 bits per heavy atom. The minimum Gasteiger partial charge on any atom is -0.390 e. The molecule has 0 aliphatic heterocycles. The van der Waals surface area contributed by atoms with E-state index in [1.165, 1.54) is 4.31 Å². The van der Waals surface area contributed by atoms with Gasteiger partial charge in [0.15, 0.2) is 0 Å². The molecule has 0 heterocycles. The highest BCUT2D eigenvalue weighted by Crippen LogP contribution is 2.26. The van der Waals surface area contributed by atoms with Crippen LogP contribution in [-0.2, 0) is 10.0 Å². The minimum absolute atomic E-state index is 0.00807. The number of hydrogen-bond donors (Lipinski definition) is 1. The molecule has 0 aliphatic rings. The molecule has 0 bridgehead atoms. The van der Waals surface area contributed by atoms with Crippen LogP contribution in [-0.4, -0.2) is 50.7 Å². The van der Waals surface area contributed by atoms with Crippen molar-refractivity contribution in [2.24, 2.45) is 11.8 Å². The number of sulfonamides is 1. The van der Waals surface area contributed by atoms with Crippen LogP contribution >= 0.6 is 0 Å². The van der Waals surface area contributed by atoms with Crippen molar-refractivity contribution in [2.45, 2.75) is 38.7 Å². The Kier molecular flexibility index (Phi) is 8.51. The lowest BCUT2D eigenvalue weighted by atomic mass is 10.1. The summed E-state index contributed by atoms with van der Waals surface area (Å²) in [5.74, 6) is 0.921. The smallest absolute Gasteiger partial charge is 0.264 e. The van der Waals surface area contributed by atoms with Gasteiger partial charge in [0.2, 0.25) is 0 Å². The van der Waals surface area contributed by atoms with Gasteiger partial charge in [0.05, 0.1) is 23.2 Å². The zero-order chi connectivity index (χ0) is 24.0. The Morgan fingerprint density at radius 1 is 0.727 bits per heavy atom. The van der Waals surface area contributed by atoms with Gasteiger partial charge < -0.3 is 10.0 Å². The summed E-state index contributed by atoms with van der Waals surface area (Å²) < 4.78 is 28.8. The summed E-state index contributed by atoms with van der Waals surface area (Å²) in [6, 6.07) is 21.9. The Balaban J connectivity index is 1.91. The van der Waals surface area contributed by atoms with Crippen LogP contribution in [0.25, 0.3) is 10.8 Å². The van der Waals surface area contributed by atoms with Crippen LogP contribution in [0.2, 0.25) is 0 Å². The zero-order valence-corrected chi connectivity index (χ0v) is 20.9. The molecule has 3 aromatic rings. The van der Waals surface area contributed by atoms with Crippen LogP contribution in [0, 0.1) is 11.8 Å². The molecule has 0 unspecified atom stereocenters. The summed E-state index contributed by atoms with van der Waals surface area (Å²) in [6.07, 6.45) is -0.821. The highest BCUT2D eigenvalue weighted by Gasteiger charge is 2.28. The third-order valence-corrected chi connectivity index (χ3v) is 7.24. The number of aliphatic hydroxyl groups is 1. The fraction of sp³-hybridized carbons (Fsp3) is 0.407. The van der Waals surface area contributed by atoms with Gasteiger partial charge in [-0.1, -0.05) is 76.2 Å². The highest BCUT2D eigenvalue weighted by atomic mass is 32.2. The Labute approximate surface area is 198 Å². The van der Waals surface area contributed by atoms with Gasteiger partial charge in [-0.25, -0.2) is 8.42 Å². The monoisotopic (exact) mass is 468 g/mol. The third kappa shape index (κ3) is 6.79. The average molecular weight is 469 g/mol. The maximum Gasteiger partial charge on any atom is 0.264 e. The van der Waals surface area contributed by atoms with E-state index in [4.69, 9.17) is 0 Å². The second-order valence-electron chi connectivity index (χ2n) is 9.54. The van der Waals surface area contributed by atoms with E-state index < -0.39 is 16.1 Å². The summed E-state index contributed by atoms with van der Waals surface area (Å²) in [4.78, 5) is 2.45. The van der Waals surface area contributed by atoms with E-state index in [2.05, 4.69) is 32.6 Å². The van der Waals surface area contributed by atoms with E-state index in [9.17, 15) is 13.5 Å². The number of anilines is 1.